The molecule has 7 heteroatoms. The number of hydrogen-bond acceptors (Lipinski definition) is 6. The Kier molecular flexibility index (Phi) is 4.99. The summed E-state index contributed by atoms with van der Waals surface area (Å²) in [5.74, 6) is -0.0739. The second-order valence-electron chi connectivity index (χ2n) is 8.32. The van der Waals surface area contributed by atoms with Crippen LogP contribution in [-0.4, -0.2) is 16.2 Å². The van der Waals surface area contributed by atoms with Crippen LogP contribution in [0.3, 0.4) is 0 Å². The molecule has 0 saturated heterocycles. The maximum absolute atomic E-state index is 12.3. The number of aromatic amines is 1. The van der Waals surface area contributed by atoms with E-state index in [9.17, 15) is 10.1 Å². The van der Waals surface area contributed by atoms with Crippen LogP contribution < -0.4 is 15.2 Å². The quantitative estimate of drug-likeness (QED) is 0.492. The summed E-state index contributed by atoms with van der Waals surface area (Å²) >= 11 is 0. The topological polar surface area (TPSA) is 114 Å². The number of carbonyl (C=O) groups is 1. The predicted octanol–water partition coefficient (Wildman–Crippen LogP) is 4.14. The van der Waals surface area contributed by atoms with Gasteiger partial charge in [0.1, 0.15) is 17.4 Å². The summed E-state index contributed by atoms with van der Waals surface area (Å²) in [6.45, 7) is 6.16. The van der Waals surface area contributed by atoms with Crippen LogP contribution in [0.4, 0.5) is 0 Å². The highest BCUT2D eigenvalue weighted by atomic mass is 16.5. The van der Waals surface area contributed by atoms with Gasteiger partial charge in [-0.15, -0.1) is 5.10 Å². The van der Waals surface area contributed by atoms with Gasteiger partial charge in [-0.2, -0.15) is 5.26 Å². The van der Waals surface area contributed by atoms with Crippen molar-refractivity contribution in [1.29, 1.82) is 5.26 Å². The van der Waals surface area contributed by atoms with Crippen molar-refractivity contribution in [3.63, 3.8) is 0 Å². The van der Waals surface area contributed by atoms with Crippen molar-refractivity contribution in [2.45, 2.75) is 32.1 Å². The van der Waals surface area contributed by atoms with Crippen LogP contribution in [0.2, 0.25) is 0 Å². The zero-order valence-electron chi connectivity index (χ0n) is 17.5. The molecule has 1 aliphatic heterocycles. The number of ether oxygens (including phenoxy) is 2. The Morgan fingerprint density at radius 1 is 1.16 bits per heavy atom. The second-order valence-corrected chi connectivity index (χ2v) is 8.32. The number of benzene rings is 2. The van der Waals surface area contributed by atoms with Crippen LogP contribution in [0.15, 0.2) is 66.1 Å². The largest absolute Gasteiger partial charge is 0.423 e. The molecule has 2 heterocycles. The van der Waals surface area contributed by atoms with E-state index in [0.29, 0.717) is 22.8 Å². The molecular weight excluding hydrogens is 392 g/mol. The van der Waals surface area contributed by atoms with Crippen molar-refractivity contribution in [2.24, 2.45) is 5.73 Å². The molecular formula is C24H22N4O3. The fourth-order valence-corrected chi connectivity index (χ4v) is 3.62. The SMILES string of the molecule is CC(C)(C)c1[nH]nc2c1[C@H](c1ccc(OC(=O)c3ccccc3)cc1)C(C#N)=C(N)O2. The van der Waals surface area contributed by atoms with Gasteiger partial charge < -0.3 is 15.2 Å². The van der Waals surface area contributed by atoms with Gasteiger partial charge in [-0.25, -0.2) is 4.79 Å². The maximum Gasteiger partial charge on any atom is 0.343 e. The monoisotopic (exact) mass is 414 g/mol. The molecule has 3 aromatic rings. The lowest BCUT2D eigenvalue weighted by Crippen LogP contribution is -2.23. The van der Waals surface area contributed by atoms with Crippen LogP contribution in [0.25, 0.3) is 0 Å². The minimum Gasteiger partial charge on any atom is -0.423 e. The molecule has 1 aliphatic rings. The summed E-state index contributed by atoms with van der Waals surface area (Å²) in [6, 6.07) is 18.0. The fraction of sp³-hybridized carbons (Fsp3) is 0.208. The van der Waals surface area contributed by atoms with Crippen LogP contribution in [0, 0.1) is 11.3 Å². The third-order valence-corrected chi connectivity index (χ3v) is 5.12. The van der Waals surface area contributed by atoms with Crippen molar-refractivity contribution in [2.75, 3.05) is 0 Å². The number of nitrogens with zero attached hydrogens (tertiary/aromatic N) is 2. The molecule has 0 amide bonds. The zero-order chi connectivity index (χ0) is 22.2. The number of allylic oxidation sites excluding steroid dienone is 1. The van der Waals surface area contributed by atoms with Crippen molar-refractivity contribution in [1.82, 2.24) is 10.2 Å². The molecule has 1 aromatic heterocycles. The Morgan fingerprint density at radius 3 is 2.45 bits per heavy atom. The highest BCUT2D eigenvalue weighted by molar-refractivity contribution is 5.90. The number of nitrogens with two attached hydrogens (primary N) is 1. The van der Waals surface area contributed by atoms with Gasteiger partial charge in [0.05, 0.1) is 17.0 Å². The van der Waals surface area contributed by atoms with Crippen molar-refractivity contribution in [3.8, 4) is 17.7 Å². The van der Waals surface area contributed by atoms with Gasteiger partial charge in [-0.05, 0) is 29.8 Å². The standard InChI is InChI=1S/C24H22N4O3/c1-24(2,3)20-19-18(17(13-25)21(26)31-22(19)28-27-20)14-9-11-16(12-10-14)30-23(29)15-7-5-4-6-8-15/h4-12,18H,26H2,1-3H3,(H,27,28)/t18-/m1/s1. The number of fused-ring (bicyclic) bond motifs is 1. The Balaban J connectivity index is 1.70. The predicted molar refractivity (Wildman–Crippen MR) is 114 cm³/mol. The zero-order valence-corrected chi connectivity index (χ0v) is 17.5. The minimum absolute atomic E-state index is 0.0338. The first kappa shape index (κ1) is 20.2. The van der Waals surface area contributed by atoms with Crippen molar-refractivity contribution >= 4 is 5.97 Å². The Labute approximate surface area is 180 Å². The Hall–Kier alpha value is -4.05. The number of nitrogens with one attached hydrogen (secondary N) is 1. The normalized spacial score (nSPS) is 15.6. The molecule has 0 unspecified atom stereocenters. The number of hydrogen-bond donors (Lipinski definition) is 2. The molecule has 2 aromatic carbocycles. The smallest absolute Gasteiger partial charge is 0.343 e. The van der Waals surface area contributed by atoms with Gasteiger partial charge in [0.25, 0.3) is 0 Å². The molecule has 0 radical (unpaired) electrons. The number of carbonyl (C=O) groups excluding carboxylic acids is 1. The van der Waals surface area contributed by atoms with E-state index in [1.54, 1.807) is 36.4 Å². The number of H-pyrrole nitrogens is 1. The Bertz CT molecular complexity index is 1200. The van der Waals surface area contributed by atoms with Crippen LogP contribution in [-0.2, 0) is 5.41 Å². The summed E-state index contributed by atoms with van der Waals surface area (Å²) in [7, 11) is 0. The fourth-order valence-electron chi connectivity index (χ4n) is 3.62. The average Bonchev–Trinajstić information content (AvgIpc) is 3.18. The molecule has 0 aliphatic carbocycles. The van der Waals surface area contributed by atoms with Crippen molar-refractivity contribution in [3.05, 3.63) is 88.4 Å². The van der Waals surface area contributed by atoms with Gasteiger partial charge in [0, 0.05) is 11.1 Å². The maximum atomic E-state index is 12.3. The third-order valence-electron chi connectivity index (χ3n) is 5.12. The number of nitriles is 1. The first-order chi connectivity index (χ1) is 14.8. The van der Waals surface area contributed by atoms with Gasteiger partial charge in [-0.1, -0.05) is 51.1 Å². The van der Waals surface area contributed by atoms with Crippen LogP contribution >= 0.6 is 0 Å². The average molecular weight is 414 g/mol. The first-order valence-corrected chi connectivity index (χ1v) is 9.83. The van der Waals surface area contributed by atoms with Crippen molar-refractivity contribution < 1.29 is 14.3 Å². The summed E-state index contributed by atoms with van der Waals surface area (Å²) in [5, 5.41) is 17.1. The summed E-state index contributed by atoms with van der Waals surface area (Å²) in [6.07, 6.45) is 0. The molecule has 0 fully saturated rings. The molecule has 0 saturated carbocycles. The van der Waals surface area contributed by atoms with E-state index in [1.807, 2.05) is 18.2 Å². The van der Waals surface area contributed by atoms with Gasteiger partial charge >= 0.3 is 5.97 Å². The highest BCUT2D eigenvalue weighted by Gasteiger charge is 2.38. The van der Waals surface area contributed by atoms with E-state index in [-0.39, 0.29) is 11.3 Å². The van der Waals surface area contributed by atoms with Gasteiger partial charge in [0.2, 0.25) is 11.8 Å². The van der Waals surface area contributed by atoms with E-state index in [0.717, 1.165) is 16.8 Å². The van der Waals surface area contributed by atoms with E-state index in [4.69, 9.17) is 15.2 Å². The minimum atomic E-state index is -0.444. The number of aromatic nitrogens is 2. The molecule has 7 nitrogen and oxygen atoms in total. The molecule has 4 rings (SSSR count). The summed E-state index contributed by atoms with van der Waals surface area (Å²) in [5.41, 5.74) is 9.02. The molecule has 0 bridgehead atoms. The first-order valence-electron chi connectivity index (χ1n) is 9.83. The van der Waals surface area contributed by atoms with Gasteiger partial charge in [-0.3, -0.25) is 5.10 Å². The lowest BCUT2D eigenvalue weighted by atomic mass is 9.79. The van der Waals surface area contributed by atoms with E-state index in [1.165, 1.54) is 0 Å². The summed E-state index contributed by atoms with van der Waals surface area (Å²) < 4.78 is 11.1. The lowest BCUT2D eigenvalue weighted by molar-refractivity contribution is 0.0734. The summed E-state index contributed by atoms with van der Waals surface area (Å²) in [4.78, 5) is 12.3. The molecule has 1 atom stereocenters. The number of rotatable bonds is 3. The third kappa shape index (κ3) is 3.76. The molecule has 0 spiro atoms. The van der Waals surface area contributed by atoms with E-state index in [2.05, 4.69) is 37.0 Å². The Morgan fingerprint density at radius 2 is 1.84 bits per heavy atom. The lowest BCUT2D eigenvalue weighted by Gasteiger charge is -2.27. The number of esters is 1. The molecule has 31 heavy (non-hydrogen) atoms. The van der Waals surface area contributed by atoms with E-state index >= 15 is 0 Å². The van der Waals surface area contributed by atoms with Crippen LogP contribution in [0.5, 0.6) is 11.6 Å². The van der Waals surface area contributed by atoms with Crippen LogP contribution in [0.1, 0.15) is 53.9 Å². The highest BCUT2D eigenvalue weighted by Crippen LogP contribution is 2.45. The molecule has 156 valence electrons. The van der Waals surface area contributed by atoms with E-state index < -0.39 is 11.9 Å². The second kappa shape index (κ2) is 7.65. The molecule has 3 N–H and O–H groups in total. The van der Waals surface area contributed by atoms with Gasteiger partial charge in [0.15, 0.2) is 0 Å².